The van der Waals surface area contributed by atoms with Gasteiger partial charge in [-0.15, -0.1) is 0 Å². The standard InChI is InChI=1S/C19H17FN4O/c1-2-13-3-5-14(6-4-13)12-21-24-19(25)18-11-17(22-23-18)15-7-9-16(20)10-8-15/h3-12H,2H2,1H3,(H,22,23)(H,24,25)/b21-12+. The number of aryl methyl sites for hydroxylation is 1. The van der Waals surface area contributed by atoms with Crippen LogP contribution >= 0.6 is 0 Å². The predicted octanol–water partition coefficient (Wildman–Crippen LogP) is 3.54. The molecule has 1 amide bonds. The summed E-state index contributed by atoms with van der Waals surface area (Å²) in [6.07, 6.45) is 2.55. The van der Waals surface area contributed by atoms with Crippen molar-refractivity contribution in [1.82, 2.24) is 15.6 Å². The van der Waals surface area contributed by atoms with E-state index < -0.39 is 5.91 Å². The van der Waals surface area contributed by atoms with Gasteiger partial charge in [-0.05, 0) is 47.9 Å². The first-order valence-electron chi connectivity index (χ1n) is 7.89. The highest BCUT2D eigenvalue weighted by Gasteiger charge is 2.10. The predicted molar refractivity (Wildman–Crippen MR) is 94.9 cm³/mol. The van der Waals surface area contributed by atoms with Gasteiger partial charge in [0.1, 0.15) is 11.5 Å². The van der Waals surface area contributed by atoms with Gasteiger partial charge in [-0.2, -0.15) is 10.2 Å². The third-order valence-electron chi connectivity index (χ3n) is 3.73. The summed E-state index contributed by atoms with van der Waals surface area (Å²) in [5, 5.41) is 10.7. The Morgan fingerprint density at radius 3 is 2.60 bits per heavy atom. The van der Waals surface area contributed by atoms with E-state index >= 15 is 0 Å². The van der Waals surface area contributed by atoms with Crippen molar-refractivity contribution in [3.8, 4) is 11.3 Å². The monoisotopic (exact) mass is 336 g/mol. The average Bonchev–Trinajstić information content (AvgIpc) is 3.13. The van der Waals surface area contributed by atoms with E-state index in [9.17, 15) is 9.18 Å². The lowest BCUT2D eigenvalue weighted by Crippen LogP contribution is -2.17. The summed E-state index contributed by atoms with van der Waals surface area (Å²) in [4.78, 5) is 12.1. The molecule has 126 valence electrons. The van der Waals surface area contributed by atoms with Gasteiger partial charge in [0.15, 0.2) is 0 Å². The molecule has 0 unspecified atom stereocenters. The smallest absolute Gasteiger partial charge is 0.272 e. The molecular weight excluding hydrogens is 319 g/mol. The van der Waals surface area contributed by atoms with Gasteiger partial charge in [0.05, 0.1) is 11.9 Å². The van der Waals surface area contributed by atoms with Crippen molar-refractivity contribution in [3.05, 3.63) is 77.2 Å². The van der Waals surface area contributed by atoms with Gasteiger partial charge in [0.2, 0.25) is 0 Å². The number of rotatable bonds is 5. The number of hydrogen-bond donors (Lipinski definition) is 2. The number of aromatic amines is 1. The fourth-order valence-corrected chi connectivity index (χ4v) is 2.27. The molecule has 6 heteroatoms. The molecule has 0 fully saturated rings. The number of carbonyl (C=O) groups is 1. The summed E-state index contributed by atoms with van der Waals surface area (Å²) in [7, 11) is 0. The molecule has 0 spiro atoms. The molecule has 1 aromatic heterocycles. The van der Waals surface area contributed by atoms with E-state index in [2.05, 4.69) is 27.6 Å². The van der Waals surface area contributed by atoms with Crippen molar-refractivity contribution < 1.29 is 9.18 Å². The van der Waals surface area contributed by atoms with Crippen molar-refractivity contribution in [2.45, 2.75) is 13.3 Å². The Hall–Kier alpha value is -3.28. The first kappa shape index (κ1) is 16.6. The van der Waals surface area contributed by atoms with Crippen LogP contribution in [0.15, 0.2) is 59.7 Å². The zero-order valence-electron chi connectivity index (χ0n) is 13.7. The Kier molecular flexibility index (Phi) is 4.99. The highest BCUT2D eigenvalue weighted by Crippen LogP contribution is 2.17. The molecule has 0 atom stereocenters. The zero-order valence-corrected chi connectivity index (χ0v) is 13.7. The second-order valence-electron chi connectivity index (χ2n) is 5.47. The number of hydrazone groups is 1. The molecule has 0 saturated heterocycles. The quantitative estimate of drug-likeness (QED) is 0.553. The van der Waals surface area contributed by atoms with Gasteiger partial charge in [-0.3, -0.25) is 9.89 Å². The molecule has 0 saturated carbocycles. The highest BCUT2D eigenvalue weighted by atomic mass is 19.1. The molecule has 5 nitrogen and oxygen atoms in total. The maximum atomic E-state index is 12.9. The number of nitrogens with zero attached hydrogens (tertiary/aromatic N) is 2. The number of benzene rings is 2. The van der Waals surface area contributed by atoms with Crippen molar-refractivity contribution >= 4 is 12.1 Å². The van der Waals surface area contributed by atoms with E-state index in [1.807, 2.05) is 24.3 Å². The number of amides is 1. The molecule has 2 aromatic carbocycles. The minimum absolute atomic E-state index is 0.276. The second kappa shape index (κ2) is 7.53. The molecular formula is C19H17FN4O. The van der Waals surface area contributed by atoms with Crippen LogP contribution in [-0.4, -0.2) is 22.3 Å². The van der Waals surface area contributed by atoms with Crippen molar-refractivity contribution in [1.29, 1.82) is 0 Å². The first-order valence-corrected chi connectivity index (χ1v) is 7.89. The van der Waals surface area contributed by atoms with Gasteiger partial charge in [0, 0.05) is 5.56 Å². The maximum absolute atomic E-state index is 12.9. The molecule has 0 aliphatic heterocycles. The Morgan fingerprint density at radius 1 is 1.20 bits per heavy atom. The Balaban J connectivity index is 1.63. The van der Waals surface area contributed by atoms with Crippen LogP contribution < -0.4 is 5.43 Å². The van der Waals surface area contributed by atoms with Crippen LogP contribution in [0, 0.1) is 5.82 Å². The number of halogens is 1. The highest BCUT2D eigenvalue weighted by molar-refractivity contribution is 5.94. The fourth-order valence-electron chi connectivity index (χ4n) is 2.27. The summed E-state index contributed by atoms with van der Waals surface area (Å²) in [6.45, 7) is 2.09. The summed E-state index contributed by atoms with van der Waals surface area (Å²) >= 11 is 0. The van der Waals surface area contributed by atoms with Crippen molar-refractivity contribution in [2.24, 2.45) is 5.10 Å². The molecule has 0 aliphatic carbocycles. The van der Waals surface area contributed by atoms with Gasteiger partial charge in [-0.1, -0.05) is 31.2 Å². The van der Waals surface area contributed by atoms with Gasteiger partial charge >= 0.3 is 0 Å². The number of aromatic nitrogens is 2. The van der Waals surface area contributed by atoms with Crippen LogP contribution in [0.1, 0.15) is 28.5 Å². The van der Waals surface area contributed by atoms with Crippen LogP contribution in [0.2, 0.25) is 0 Å². The van der Waals surface area contributed by atoms with Gasteiger partial charge < -0.3 is 0 Å². The molecule has 0 radical (unpaired) electrons. The van der Waals surface area contributed by atoms with Crippen molar-refractivity contribution in [3.63, 3.8) is 0 Å². The SMILES string of the molecule is CCc1ccc(/C=N/NC(=O)c2cc(-c3ccc(F)cc3)n[nH]2)cc1. The Bertz CT molecular complexity index is 883. The third kappa shape index (κ3) is 4.17. The molecule has 25 heavy (non-hydrogen) atoms. The normalized spacial score (nSPS) is 11.0. The molecule has 3 rings (SSSR count). The fraction of sp³-hybridized carbons (Fsp3) is 0.105. The Labute approximate surface area is 144 Å². The largest absolute Gasteiger partial charge is 0.289 e. The van der Waals surface area contributed by atoms with Gasteiger partial charge in [0.25, 0.3) is 5.91 Å². The van der Waals surface area contributed by atoms with E-state index in [4.69, 9.17) is 0 Å². The van der Waals surface area contributed by atoms with Crippen LogP contribution in [-0.2, 0) is 6.42 Å². The van der Waals surface area contributed by atoms with Crippen LogP contribution in [0.3, 0.4) is 0 Å². The van der Waals surface area contributed by atoms with E-state index in [0.717, 1.165) is 17.5 Å². The lowest BCUT2D eigenvalue weighted by Gasteiger charge is -1.98. The van der Waals surface area contributed by atoms with Crippen LogP contribution in [0.4, 0.5) is 4.39 Å². The minimum atomic E-state index is -0.401. The summed E-state index contributed by atoms with van der Waals surface area (Å²) in [6, 6.07) is 15.4. The zero-order chi connectivity index (χ0) is 17.6. The maximum Gasteiger partial charge on any atom is 0.289 e. The Morgan fingerprint density at radius 2 is 1.92 bits per heavy atom. The number of nitrogens with one attached hydrogen (secondary N) is 2. The lowest BCUT2D eigenvalue weighted by molar-refractivity contribution is 0.0950. The van der Waals surface area contributed by atoms with Gasteiger partial charge in [-0.25, -0.2) is 9.82 Å². The average molecular weight is 336 g/mol. The summed E-state index contributed by atoms with van der Waals surface area (Å²) < 4.78 is 12.9. The topological polar surface area (TPSA) is 70.1 Å². The number of H-pyrrole nitrogens is 1. The van der Waals surface area contributed by atoms with E-state index in [0.29, 0.717) is 5.69 Å². The van der Waals surface area contributed by atoms with E-state index in [1.54, 1.807) is 24.4 Å². The number of hydrogen-bond acceptors (Lipinski definition) is 3. The van der Waals surface area contributed by atoms with E-state index in [1.165, 1.54) is 17.7 Å². The molecule has 3 aromatic rings. The van der Waals surface area contributed by atoms with Crippen molar-refractivity contribution in [2.75, 3.05) is 0 Å². The number of carbonyl (C=O) groups excluding carboxylic acids is 1. The molecule has 0 aliphatic rings. The van der Waals surface area contributed by atoms with E-state index in [-0.39, 0.29) is 11.5 Å². The van der Waals surface area contributed by atoms with Crippen LogP contribution in [0.25, 0.3) is 11.3 Å². The minimum Gasteiger partial charge on any atom is -0.272 e. The molecule has 2 N–H and O–H groups in total. The molecule has 1 heterocycles. The second-order valence-corrected chi connectivity index (χ2v) is 5.47. The molecule has 0 bridgehead atoms. The summed E-state index contributed by atoms with van der Waals surface area (Å²) in [5.74, 6) is -0.721. The third-order valence-corrected chi connectivity index (χ3v) is 3.73. The van der Waals surface area contributed by atoms with Crippen LogP contribution in [0.5, 0.6) is 0 Å². The first-order chi connectivity index (χ1) is 12.2. The summed E-state index contributed by atoms with van der Waals surface area (Å²) in [5.41, 5.74) is 6.14. The lowest BCUT2D eigenvalue weighted by atomic mass is 10.1.